The highest BCUT2D eigenvalue weighted by atomic mass is 16.5. The number of ketones is 1. The molecule has 0 saturated carbocycles. The van der Waals surface area contributed by atoms with Gasteiger partial charge in [0.15, 0.2) is 11.5 Å². The van der Waals surface area contributed by atoms with Gasteiger partial charge < -0.3 is 29.5 Å². The molecule has 2 N–H and O–H groups in total. The van der Waals surface area contributed by atoms with Crippen LogP contribution in [-0.2, 0) is 9.59 Å². The van der Waals surface area contributed by atoms with Crippen LogP contribution in [0.4, 0.5) is 0 Å². The van der Waals surface area contributed by atoms with E-state index in [-0.39, 0.29) is 22.8 Å². The molecular weight excluding hydrogens is 424 g/mol. The maximum absolute atomic E-state index is 13.1. The molecule has 1 saturated heterocycles. The fraction of sp³-hybridized carbons (Fsp3) is 0.360. The summed E-state index contributed by atoms with van der Waals surface area (Å²) < 4.78 is 10.5. The van der Waals surface area contributed by atoms with Gasteiger partial charge in [0.2, 0.25) is 0 Å². The third-order valence-electron chi connectivity index (χ3n) is 5.75. The van der Waals surface area contributed by atoms with Crippen molar-refractivity contribution >= 4 is 17.4 Å². The number of carbonyl (C=O) groups excluding carboxylic acids is 2. The smallest absolute Gasteiger partial charge is 0.295 e. The molecule has 0 aromatic heterocycles. The van der Waals surface area contributed by atoms with Crippen molar-refractivity contribution in [3.63, 3.8) is 0 Å². The number of amides is 1. The molecule has 0 bridgehead atoms. The molecule has 1 fully saturated rings. The number of phenolic OH excluding ortho intramolecular Hbond substituents is 1. The van der Waals surface area contributed by atoms with E-state index in [1.807, 2.05) is 19.0 Å². The molecule has 8 nitrogen and oxygen atoms in total. The molecule has 33 heavy (non-hydrogen) atoms. The molecule has 1 heterocycles. The summed E-state index contributed by atoms with van der Waals surface area (Å²) in [5.74, 6) is -0.888. The Balaban J connectivity index is 2.16. The molecule has 1 aliphatic heterocycles. The number of methoxy groups -OCH3 is 2. The number of phenols is 1. The van der Waals surface area contributed by atoms with E-state index in [1.54, 1.807) is 44.4 Å². The fourth-order valence-corrected chi connectivity index (χ4v) is 4.05. The first-order chi connectivity index (χ1) is 15.7. The van der Waals surface area contributed by atoms with Crippen LogP contribution in [0.2, 0.25) is 0 Å². The second-order valence-corrected chi connectivity index (χ2v) is 8.26. The Morgan fingerprint density at radius 3 is 2.42 bits per heavy atom. The highest BCUT2D eigenvalue weighted by Gasteiger charge is 2.46. The zero-order valence-electron chi connectivity index (χ0n) is 19.6. The molecule has 8 heteroatoms. The number of carbonyl (C=O) groups is 2. The van der Waals surface area contributed by atoms with Gasteiger partial charge in [0, 0.05) is 12.1 Å². The van der Waals surface area contributed by atoms with Gasteiger partial charge in [0.05, 0.1) is 25.8 Å². The topological polar surface area (TPSA) is 99.5 Å². The maximum atomic E-state index is 13.1. The first-order valence-electron chi connectivity index (χ1n) is 10.6. The maximum Gasteiger partial charge on any atom is 0.295 e. The third-order valence-corrected chi connectivity index (χ3v) is 5.75. The van der Waals surface area contributed by atoms with Crippen molar-refractivity contribution in [1.82, 2.24) is 9.80 Å². The van der Waals surface area contributed by atoms with Gasteiger partial charge in [-0.25, -0.2) is 0 Å². The Hall–Kier alpha value is -3.52. The first kappa shape index (κ1) is 24.1. The zero-order valence-corrected chi connectivity index (χ0v) is 19.6. The van der Waals surface area contributed by atoms with E-state index in [2.05, 4.69) is 0 Å². The number of ether oxygens (including phenoxy) is 2. The van der Waals surface area contributed by atoms with Crippen LogP contribution in [0, 0.1) is 6.92 Å². The van der Waals surface area contributed by atoms with Crippen LogP contribution in [0.1, 0.15) is 29.2 Å². The Labute approximate surface area is 193 Å². The predicted octanol–water partition coefficient (Wildman–Crippen LogP) is 3.09. The van der Waals surface area contributed by atoms with Crippen molar-refractivity contribution in [2.75, 3.05) is 41.4 Å². The monoisotopic (exact) mass is 454 g/mol. The summed E-state index contributed by atoms with van der Waals surface area (Å²) in [6.45, 7) is 2.85. The van der Waals surface area contributed by atoms with Crippen molar-refractivity contribution in [3.8, 4) is 17.2 Å². The van der Waals surface area contributed by atoms with Gasteiger partial charge in [0.1, 0.15) is 11.5 Å². The van der Waals surface area contributed by atoms with Crippen molar-refractivity contribution in [2.45, 2.75) is 19.4 Å². The van der Waals surface area contributed by atoms with Gasteiger partial charge in [-0.1, -0.05) is 6.07 Å². The molecule has 1 unspecified atom stereocenters. The summed E-state index contributed by atoms with van der Waals surface area (Å²) in [4.78, 5) is 29.6. The minimum Gasteiger partial charge on any atom is -0.507 e. The lowest BCUT2D eigenvalue weighted by atomic mass is 9.93. The third kappa shape index (κ3) is 4.80. The number of likely N-dealkylation sites (tertiary alicyclic amines) is 1. The number of Topliss-reactive ketones (excluding diaryl/α,β-unsaturated/α-hetero) is 1. The van der Waals surface area contributed by atoms with Crippen molar-refractivity contribution in [2.24, 2.45) is 0 Å². The van der Waals surface area contributed by atoms with E-state index in [0.717, 1.165) is 6.54 Å². The quantitative estimate of drug-likeness (QED) is 0.359. The van der Waals surface area contributed by atoms with Crippen LogP contribution in [0.15, 0.2) is 42.0 Å². The largest absolute Gasteiger partial charge is 0.507 e. The molecule has 1 amide bonds. The summed E-state index contributed by atoms with van der Waals surface area (Å²) in [6, 6.07) is 8.95. The zero-order chi connectivity index (χ0) is 24.3. The second kappa shape index (κ2) is 9.95. The normalized spacial score (nSPS) is 17.6. The number of hydrogen-bond donors (Lipinski definition) is 2. The highest BCUT2D eigenvalue weighted by Crippen LogP contribution is 2.42. The second-order valence-electron chi connectivity index (χ2n) is 8.26. The van der Waals surface area contributed by atoms with Gasteiger partial charge in [-0.3, -0.25) is 9.59 Å². The Morgan fingerprint density at radius 1 is 1.09 bits per heavy atom. The fourth-order valence-electron chi connectivity index (χ4n) is 4.05. The number of aromatic hydroxyl groups is 1. The summed E-state index contributed by atoms with van der Waals surface area (Å²) >= 11 is 0. The molecule has 0 radical (unpaired) electrons. The molecule has 3 rings (SSSR count). The lowest BCUT2D eigenvalue weighted by Crippen LogP contribution is -2.32. The van der Waals surface area contributed by atoms with Gasteiger partial charge in [-0.15, -0.1) is 0 Å². The Kier molecular flexibility index (Phi) is 7.28. The van der Waals surface area contributed by atoms with E-state index >= 15 is 0 Å². The lowest BCUT2D eigenvalue weighted by molar-refractivity contribution is -0.139. The number of benzene rings is 2. The van der Waals surface area contributed by atoms with Gasteiger partial charge in [-0.2, -0.15) is 0 Å². The van der Waals surface area contributed by atoms with Crippen LogP contribution in [0.5, 0.6) is 17.2 Å². The number of aliphatic hydroxyl groups is 1. The summed E-state index contributed by atoms with van der Waals surface area (Å²) in [5.41, 5.74) is 1.71. The summed E-state index contributed by atoms with van der Waals surface area (Å²) in [6.07, 6.45) is 0.646. The number of hydrogen-bond acceptors (Lipinski definition) is 7. The first-order valence-corrected chi connectivity index (χ1v) is 10.6. The Bertz CT molecular complexity index is 1090. The van der Waals surface area contributed by atoms with Gasteiger partial charge in [-0.05, 0) is 75.4 Å². The molecule has 2 aromatic carbocycles. The van der Waals surface area contributed by atoms with Crippen molar-refractivity contribution in [1.29, 1.82) is 0 Å². The molecule has 1 aliphatic rings. The molecule has 176 valence electrons. The highest BCUT2D eigenvalue weighted by molar-refractivity contribution is 6.46. The number of aryl methyl sites for hydroxylation is 1. The molecular formula is C25H30N2O6. The van der Waals surface area contributed by atoms with Crippen LogP contribution in [-0.4, -0.2) is 73.1 Å². The molecule has 2 aromatic rings. The average Bonchev–Trinajstić information content (AvgIpc) is 3.03. The minimum absolute atomic E-state index is 0.00543. The van der Waals surface area contributed by atoms with Crippen LogP contribution < -0.4 is 9.47 Å². The average molecular weight is 455 g/mol. The van der Waals surface area contributed by atoms with Crippen LogP contribution >= 0.6 is 0 Å². The predicted molar refractivity (Wildman–Crippen MR) is 125 cm³/mol. The van der Waals surface area contributed by atoms with Crippen LogP contribution in [0.25, 0.3) is 5.76 Å². The SMILES string of the molecule is COc1ccc(/C(O)=C2/C(=O)C(=O)N(CCCN(C)C)C2c2ccc(O)c(OC)c2)c(C)c1. The van der Waals surface area contributed by atoms with Crippen molar-refractivity contribution < 1.29 is 29.3 Å². The van der Waals surface area contributed by atoms with Gasteiger partial charge in [0.25, 0.3) is 11.7 Å². The van der Waals surface area contributed by atoms with Crippen molar-refractivity contribution in [3.05, 3.63) is 58.7 Å². The molecule has 0 spiro atoms. The van der Waals surface area contributed by atoms with E-state index in [4.69, 9.17) is 9.47 Å². The van der Waals surface area contributed by atoms with E-state index in [0.29, 0.717) is 35.4 Å². The number of rotatable bonds is 8. The number of nitrogens with zero attached hydrogens (tertiary/aromatic N) is 2. The van der Waals surface area contributed by atoms with E-state index in [9.17, 15) is 19.8 Å². The van der Waals surface area contributed by atoms with E-state index in [1.165, 1.54) is 18.1 Å². The lowest BCUT2D eigenvalue weighted by Gasteiger charge is -2.26. The van der Waals surface area contributed by atoms with Gasteiger partial charge >= 0.3 is 0 Å². The molecule has 0 aliphatic carbocycles. The summed E-state index contributed by atoms with van der Waals surface area (Å²) in [7, 11) is 6.84. The Morgan fingerprint density at radius 2 is 1.82 bits per heavy atom. The van der Waals surface area contributed by atoms with E-state index < -0.39 is 17.7 Å². The minimum atomic E-state index is -0.817. The standard InChI is InChI=1S/C25H30N2O6/c1-15-13-17(32-4)8-9-18(15)23(29)21-22(16-7-10-19(28)20(14-16)33-5)27(25(31)24(21)30)12-6-11-26(2)3/h7-10,13-14,22,28-29H,6,11-12H2,1-5H3/b23-21-. The molecule has 1 atom stereocenters. The van der Waals surface area contributed by atoms with Crippen LogP contribution in [0.3, 0.4) is 0 Å². The summed E-state index contributed by atoms with van der Waals surface area (Å²) in [5, 5.41) is 21.3. The number of aliphatic hydroxyl groups excluding tert-OH is 1.